The van der Waals surface area contributed by atoms with E-state index in [-0.39, 0.29) is 46.7 Å². The number of hydrogen-bond acceptors (Lipinski definition) is 9. The first-order chi connectivity index (χ1) is 20.5. The molecular formula is C30H41N7O6. The van der Waals surface area contributed by atoms with Crippen molar-refractivity contribution >= 4 is 35.0 Å². The number of hydrogen-bond donors (Lipinski definition) is 2. The SMILES string of the molecule is CO[C@@H]1CCCC(NC(=O)c2cnn3c(N(C)C(=O)OC(C)(C)C)cc(Nc4cccn(C5CCOCC5)c4=O)nc23)C1. The van der Waals surface area contributed by atoms with Crippen LogP contribution in [0.1, 0.15) is 75.7 Å². The van der Waals surface area contributed by atoms with Crippen molar-refractivity contribution in [2.45, 2.75) is 83.1 Å². The van der Waals surface area contributed by atoms with Crippen LogP contribution in [0.4, 0.5) is 22.1 Å². The molecular weight excluding hydrogens is 554 g/mol. The molecule has 2 fully saturated rings. The van der Waals surface area contributed by atoms with Gasteiger partial charge in [0.05, 0.1) is 12.3 Å². The van der Waals surface area contributed by atoms with Crippen molar-refractivity contribution < 1.29 is 23.8 Å². The van der Waals surface area contributed by atoms with Gasteiger partial charge >= 0.3 is 6.09 Å². The number of carbonyl (C=O) groups excluding carboxylic acids is 2. The topological polar surface area (TPSA) is 141 Å². The summed E-state index contributed by atoms with van der Waals surface area (Å²) >= 11 is 0. The molecule has 5 rings (SSSR count). The second-order valence-electron chi connectivity index (χ2n) is 12.1. The van der Waals surface area contributed by atoms with Crippen molar-refractivity contribution in [2.24, 2.45) is 0 Å². The molecule has 43 heavy (non-hydrogen) atoms. The van der Waals surface area contributed by atoms with E-state index in [0.29, 0.717) is 24.7 Å². The van der Waals surface area contributed by atoms with E-state index in [1.165, 1.54) is 15.6 Å². The highest BCUT2D eigenvalue weighted by Gasteiger charge is 2.28. The molecule has 232 valence electrons. The lowest BCUT2D eigenvalue weighted by atomic mass is 9.92. The molecule has 2 N–H and O–H groups in total. The first kappa shape index (κ1) is 30.5. The minimum Gasteiger partial charge on any atom is -0.443 e. The highest BCUT2D eigenvalue weighted by atomic mass is 16.6. The summed E-state index contributed by atoms with van der Waals surface area (Å²) in [6, 6.07) is 5.08. The number of anilines is 3. The lowest BCUT2D eigenvalue weighted by Gasteiger charge is -2.28. The predicted molar refractivity (Wildman–Crippen MR) is 161 cm³/mol. The molecule has 0 aromatic carbocycles. The largest absolute Gasteiger partial charge is 0.443 e. The molecule has 0 bridgehead atoms. The van der Waals surface area contributed by atoms with Crippen molar-refractivity contribution in [3.8, 4) is 0 Å². The molecule has 4 heterocycles. The van der Waals surface area contributed by atoms with Gasteiger partial charge in [0.2, 0.25) is 0 Å². The molecule has 1 aliphatic carbocycles. The zero-order valence-electron chi connectivity index (χ0n) is 25.5. The summed E-state index contributed by atoms with van der Waals surface area (Å²) < 4.78 is 19.7. The number of amides is 2. The Labute approximate surface area is 250 Å². The molecule has 0 spiro atoms. The summed E-state index contributed by atoms with van der Waals surface area (Å²) in [5.41, 5.74) is -0.139. The van der Waals surface area contributed by atoms with Gasteiger partial charge in [-0.05, 0) is 71.4 Å². The van der Waals surface area contributed by atoms with Gasteiger partial charge in [-0.15, -0.1) is 0 Å². The maximum Gasteiger partial charge on any atom is 0.415 e. The van der Waals surface area contributed by atoms with Crippen LogP contribution in [-0.2, 0) is 14.2 Å². The average Bonchev–Trinajstić information content (AvgIpc) is 3.41. The van der Waals surface area contributed by atoms with E-state index in [4.69, 9.17) is 19.2 Å². The second kappa shape index (κ2) is 12.7. The van der Waals surface area contributed by atoms with Crippen LogP contribution >= 0.6 is 0 Å². The summed E-state index contributed by atoms with van der Waals surface area (Å²) in [6.07, 6.45) is 7.70. The molecule has 2 atom stereocenters. The minimum absolute atomic E-state index is 0.0370. The Hall–Kier alpha value is -3.97. The number of pyridine rings is 1. The lowest BCUT2D eigenvalue weighted by Crippen LogP contribution is -2.40. The van der Waals surface area contributed by atoms with Gasteiger partial charge in [0.15, 0.2) is 5.65 Å². The van der Waals surface area contributed by atoms with E-state index in [9.17, 15) is 14.4 Å². The van der Waals surface area contributed by atoms with E-state index in [2.05, 4.69) is 15.7 Å². The Bertz CT molecular complexity index is 1520. The Morgan fingerprint density at radius 3 is 2.65 bits per heavy atom. The van der Waals surface area contributed by atoms with Crippen LogP contribution < -0.4 is 21.1 Å². The van der Waals surface area contributed by atoms with Crippen LogP contribution in [0.5, 0.6) is 0 Å². The number of rotatable bonds is 7. The monoisotopic (exact) mass is 595 g/mol. The van der Waals surface area contributed by atoms with Crippen LogP contribution in [0, 0.1) is 0 Å². The van der Waals surface area contributed by atoms with Crippen LogP contribution in [-0.4, -0.2) is 76.3 Å². The third-order valence-corrected chi connectivity index (χ3v) is 7.82. The maximum absolute atomic E-state index is 13.5. The van der Waals surface area contributed by atoms with Gasteiger partial charge in [0.1, 0.15) is 28.5 Å². The predicted octanol–water partition coefficient (Wildman–Crippen LogP) is 4.04. The van der Waals surface area contributed by atoms with Gasteiger partial charge in [-0.3, -0.25) is 14.5 Å². The van der Waals surface area contributed by atoms with E-state index < -0.39 is 11.7 Å². The van der Waals surface area contributed by atoms with E-state index in [1.54, 1.807) is 63.9 Å². The van der Waals surface area contributed by atoms with E-state index in [1.807, 2.05) is 0 Å². The van der Waals surface area contributed by atoms with Crippen LogP contribution in [0.25, 0.3) is 5.65 Å². The van der Waals surface area contributed by atoms with Crippen molar-refractivity contribution in [1.29, 1.82) is 0 Å². The van der Waals surface area contributed by atoms with Crippen LogP contribution in [0.15, 0.2) is 35.4 Å². The number of fused-ring (bicyclic) bond motifs is 1. The van der Waals surface area contributed by atoms with Crippen molar-refractivity contribution in [1.82, 2.24) is 24.5 Å². The molecule has 3 aromatic heterocycles. The van der Waals surface area contributed by atoms with Gasteiger partial charge in [0, 0.05) is 51.7 Å². The van der Waals surface area contributed by atoms with Crippen molar-refractivity contribution in [3.63, 3.8) is 0 Å². The third kappa shape index (κ3) is 6.99. The second-order valence-corrected chi connectivity index (χ2v) is 12.1. The Morgan fingerprint density at radius 2 is 1.93 bits per heavy atom. The Morgan fingerprint density at radius 1 is 1.16 bits per heavy atom. The minimum atomic E-state index is -0.729. The molecule has 1 unspecified atom stereocenters. The van der Waals surface area contributed by atoms with E-state index >= 15 is 0 Å². The Balaban J connectivity index is 1.51. The molecule has 0 radical (unpaired) electrons. The third-order valence-electron chi connectivity index (χ3n) is 7.82. The normalized spacial score (nSPS) is 19.7. The van der Waals surface area contributed by atoms with Crippen molar-refractivity contribution in [2.75, 3.05) is 37.6 Å². The first-order valence-electron chi connectivity index (χ1n) is 14.8. The quantitative estimate of drug-likeness (QED) is 0.414. The molecule has 3 aromatic rings. The number of methoxy groups -OCH3 is 1. The molecule has 13 heteroatoms. The smallest absolute Gasteiger partial charge is 0.415 e. The fourth-order valence-electron chi connectivity index (χ4n) is 5.58. The number of ether oxygens (including phenoxy) is 3. The lowest BCUT2D eigenvalue weighted by molar-refractivity contribution is 0.0561. The van der Waals surface area contributed by atoms with Gasteiger partial charge in [0.25, 0.3) is 11.5 Å². The highest BCUT2D eigenvalue weighted by Crippen LogP contribution is 2.26. The van der Waals surface area contributed by atoms with Gasteiger partial charge in [-0.25, -0.2) is 9.78 Å². The van der Waals surface area contributed by atoms with Gasteiger partial charge in [-0.1, -0.05) is 0 Å². The zero-order valence-corrected chi connectivity index (χ0v) is 25.5. The maximum atomic E-state index is 13.5. The summed E-state index contributed by atoms with van der Waals surface area (Å²) in [7, 11) is 3.24. The number of nitrogens with one attached hydrogen (secondary N) is 2. The summed E-state index contributed by atoms with van der Waals surface area (Å²) in [6.45, 7) is 6.55. The molecule has 2 aliphatic rings. The zero-order chi connectivity index (χ0) is 30.7. The van der Waals surface area contributed by atoms with Crippen molar-refractivity contribution in [3.05, 3.63) is 46.5 Å². The molecule has 1 aliphatic heterocycles. The first-order valence-corrected chi connectivity index (χ1v) is 14.8. The summed E-state index contributed by atoms with van der Waals surface area (Å²) in [4.78, 5) is 46.0. The van der Waals surface area contributed by atoms with E-state index in [0.717, 1.165) is 38.5 Å². The summed E-state index contributed by atoms with van der Waals surface area (Å²) in [5, 5.41) is 10.7. The number of carbonyl (C=O) groups is 2. The summed E-state index contributed by atoms with van der Waals surface area (Å²) in [5.74, 6) is 0.249. The average molecular weight is 596 g/mol. The number of nitrogens with zero attached hydrogens (tertiary/aromatic N) is 5. The highest BCUT2D eigenvalue weighted by molar-refractivity contribution is 6.00. The Kier molecular flexibility index (Phi) is 9.02. The molecule has 1 saturated carbocycles. The van der Waals surface area contributed by atoms with Crippen LogP contribution in [0.2, 0.25) is 0 Å². The molecule has 13 nitrogen and oxygen atoms in total. The number of aromatic nitrogens is 4. The van der Waals surface area contributed by atoms with Gasteiger partial charge < -0.3 is 29.4 Å². The fourth-order valence-corrected chi connectivity index (χ4v) is 5.58. The standard InChI is InChI=1S/C30H41N7O6/c1-30(2,3)43-29(40)35(4)25-17-24(33-23-10-7-13-36(28(23)39)20-11-14-42-15-12-20)34-26-22(18-31-37(25)26)27(38)32-19-8-6-9-21(16-19)41-5/h7,10,13,17-21H,6,8-9,11-12,14-16H2,1-5H3,(H,32,38)(H,33,34)/t19?,21-/m1/s1. The fraction of sp³-hybridized carbons (Fsp3) is 0.567. The molecule has 2 amide bonds. The van der Waals surface area contributed by atoms with Gasteiger partial charge in [-0.2, -0.15) is 9.61 Å². The van der Waals surface area contributed by atoms with Crippen LogP contribution in [0.3, 0.4) is 0 Å². The molecule has 1 saturated heterocycles.